The third-order valence-corrected chi connectivity index (χ3v) is 8.49. The molecule has 1 aliphatic heterocycles. The molecule has 0 spiro atoms. The van der Waals surface area contributed by atoms with Crippen molar-refractivity contribution in [1.82, 2.24) is 19.7 Å². The lowest BCUT2D eigenvalue weighted by molar-refractivity contribution is -0.130. The number of hydrogen-bond acceptors (Lipinski definition) is 7. The van der Waals surface area contributed by atoms with E-state index < -0.39 is 15.1 Å². The molecule has 0 radical (unpaired) electrons. The van der Waals surface area contributed by atoms with Crippen LogP contribution in [0.2, 0.25) is 0 Å². The summed E-state index contributed by atoms with van der Waals surface area (Å²) in [5.74, 6) is 1.36. The van der Waals surface area contributed by atoms with Gasteiger partial charge in [0.05, 0.1) is 23.9 Å². The number of amides is 1. The molecule has 0 bridgehead atoms. The standard InChI is InChI=1S/C23H26N4O4S2/c1-16(22(28)26(2)19-12-13-33(29,30)15-19)32-23-25-24-21(17-8-7-11-20(14-17)31-3)27(23)18-9-5-4-6-10-18/h4-11,14,16,19H,12-13,15H2,1-3H3. The lowest BCUT2D eigenvalue weighted by Crippen LogP contribution is -2.41. The van der Waals surface area contributed by atoms with E-state index in [9.17, 15) is 13.2 Å². The Bertz CT molecular complexity index is 1240. The van der Waals surface area contributed by atoms with E-state index in [-0.39, 0.29) is 23.5 Å². The van der Waals surface area contributed by atoms with Gasteiger partial charge in [-0.05, 0) is 37.6 Å². The Morgan fingerprint density at radius 1 is 1.18 bits per heavy atom. The van der Waals surface area contributed by atoms with Gasteiger partial charge in [-0.25, -0.2) is 8.42 Å². The molecule has 0 saturated carbocycles. The molecule has 0 N–H and O–H groups in total. The minimum absolute atomic E-state index is 0.0206. The number of benzene rings is 2. The smallest absolute Gasteiger partial charge is 0.235 e. The van der Waals surface area contributed by atoms with Gasteiger partial charge in [0.1, 0.15) is 5.75 Å². The van der Waals surface area contributed by atoms with E-state index in [1.54, 1.807) is 19.1 Å². The summed E-state index contributed by atoms with van der Waals surface area (Å²) in [7, 11) is 0.216. The summed E-state index contributed by atoms with van der Waals surface area (Å²) in [5, 5.41) is 8.93. The number of carbonyl (C=O) groups excluding carboxylic acids is 1. The zero-order chi connectivity index (χ0) is 23.6. The number of methoxy groups -OCH3 is 1. The minimum atomic E-state index is -3.07. The van der Waals surface area contributed by atoms with Crippen LogP contribution in [-0.4, -0.2) is 70.9 Å². The highest BCUT2D eigenvalue weighted by Crippen LogP contribution is 2.32. The fourth-order valence-electron chi connectivity index (χ4n) is 3.86. The molecule has 2 aromatic carbocycles. The first-order valence-corrected chi connectivity index (χ1v) is 13.3. The second-order valence-corrected chi connectivity index (χ2v) is 11.5. The van der Waals surface area contributed by atoms with Crippen molar-refractivity contribution in [3.8, 4) is 22.8 Å². The molecule has 8 nitrogen and oxygen atoms in total. The molecule has 2 heterocycles. The SMILES string of the molecule is COc1cccc(-c2nnc(SC(C)C(=O)N(C)C3CCS(=O)(=O)C3)n2-c2ccccc2)c1. The molecule has 0 aliphatic carbocycles. The highest BCUT2D eigenvalue weighted by atomic mass is 32.2. The number of thioether (sulfide) groups is 1. The van der Waals surface area contributed by atoms with Crippen molar-refractivity contribution in [2.45, 2.75) is 29.8 Å². The largest absolute Gasteiger partial charge is 0.497 e. The van der Waals surface area contributed by atoms with Gasteiger partial charge in [0.25, 0.3) is 0 Å². The van der Waals surface area contributed by atoms with Crippen LogP contribution in [0.15, 0.2) is 59.8 Å². The molecule has 1 fully saturated rings. The van der Waals surface area contributed by atoms with E-state index in [4.69, 9.17) is 4.74 Å². The summed E-state index contributed by atoms with van der Waals surface area (Å²) >= 11 is 1.30. The molecule has 33 heavy (non-hydrogen) atoms. The monoisotopic (exact) mass is 486 g/mol. The number of nitrogens with zero attached hydrogens (tertiary/aromatic N) is 4. The van der Waals surface area contributed by atoms with Crippen LogP contribution >= 0.6 is 11.8 Å². The molecule has 2 atom stereocenters. The Labute approximate surface area is 197 Å². The van der Waals surface area contributed by atoms with Gasteiger partial charge in [0.15, 0.2) is 20.8 Å². The molecule has 1 amide bonds. The average molecular weight is 487 g/mol. The van der Waals surface area contributed by atoms with Crippen LogP contribution < -0.4 is 4.74 Å². The molecular weight excluding hydrogens is 460 g/mol. The van der Waals surface area contributed by atoms with E-state index in [0.29, 0.717) is 23.2 Å². The maximum atomic E-state index is 13.1. The van der Waals surface area contributed by atoms with Crippen molar-refractivity contribution in [3.05, 3.63) is 54.6 Å². The minimum Gasteiger partial charge on any atom is -0.497 e. The number of para-hydroxylation sites is 1. The Balaban J connectivity index is 1.63. The summed E-state index contributed by atoms with van der Waals surface area (Å²) in [6.07, 6.45) is 0.474. The Morgan fingerprint density at radius 2 is 1.94 bits per heavy atom. The highest BCUT2D eigenvalue weighted by molar-refractivity contribution is 8.00. The Hall–Kier alpha value is -2.85. The van der Waals surface area contributed by atoms with Crippen LogP contribution in [0.3, 0.4) is 0 Å². The first-order chi connectivity index (χ1) is 15.8. The molecule has 4 rings (SSSR count). The van der Waals surface area contributed by atoms with Crippen LogP contribution in [0.5, 0.6) is 5.75 Å². The highest BCUT2D eigenvalue weighted by Gasteiger charge is 2.34. The second kappa shape index (κ2) is 9.56. The Kier molecular flexibility index (Phi) is 6.76. The van der Waals surface area contributed by atoms with E-state index >= 15 is 0 Å². The maximum Gasteiger partial charge on any atom is 0.235 e. The molecular formula is C23H26N4O4S2. The fourth-order valence-corrected chi connectivity index (χ4v) is 6.60. The summed E-state index contributed by atoms with van der Waals surface area (Å²) in [6, 6.07) is 17.0. The van der Waals surface area contributed by atoms with Crippen molar-refractivity contribution in [2.75, 3.05) is 25.7 Å². The zero-order valence-electron chi connectivity index (χ0n) is 18.7. The third-order valence-electron chi connectivity index (χ3n) is 5.71. The number of sulfone groups is 1. The van der Waals surface area contributed by atoms with Crippen molar-refractivity contribution >= 4 is 27.5 Å². The van der Waals surface area contributed by atoms with E-state index in [1.807, 2.05) is 66.1 Å². The van der Waals surface area contributed by atoms with Crippen LogP contribution in [-0.2, 0) is 14.6 Å². The van der Waals surface area contributed by atoms with Gasteiger partial charge in [0, 0.05) is 24.3 Å². The number of hydrogen-bond donors (Lipinski definition) is 0. The van der Waals surface area contributed by atoms with Gasteiger partial charge in [-0.2, -0.15) is 0 Å². The topological polar surface area (TPSA) is 94.4 Å². The molecule has 174 valence electrons. The molecule has 1 aliphatic rings. The first-order valence-electron chi connectivity index (χ1n) is 10.6. The van der Waals surface area contributed by atoms with Gasteiger partial charge in [-0.1, -0.05) is 42.1 Å². The second-order valence-electron chi connectivity index (χ2n) is 7.98. The van der Waals surface area contributed by atoms with E-state index in [1.165, 1.54) is 11.8 Å². The van der Waals surface area contributed by atoms with Crippen molar-refractivity contribution in [1.29, 1.82) is 0 Å². The number of rotatable bonds is 7. The van der Waals surface area contributed by atoms with E-state index in [2.05, 4.69) is 10.2 Å². The van der Waals surface area contributed by atoms with Gasteiger partial charge in [-0.15, -0.1) is 10.2 Å². The van der Waals surface area contributed by atoms with E-state index in [0.717, 1.165) is 11.3 Å². The number of aromatic nitrogens is 3. The summed E-state index contributed by atoms with van der Waals surface area (Å²) in [6.45, 7) is 1.81. The maximum absolute atomic E-state index is 13.1. The number of carbonyl (C=O) groups is 1. The predicted molar refractivity (Wildman–Crippen MR) is 128 cm³/mol. The van der Waals surface area contributed by atoms with Gasteiger partial charge in [-0.3, -0.25) is 9.36 Å². The van der Waals surface area contributed by atoms with Gasteiger partial charge >= 0.3 is 0 Å². The van der Waals surface area contributed by atoms with Gasteiger partial charge in [0.2, 0.25) is 5.91 Å². The summed E-state index contributed by atoms with van der Waals surface area (Å²) in [5.41, 5.74) is 1.71. The normalized spacial score (nSPS) is 18.1. The molecule has 10 heteroatoms. The molecule has 2 unspecified atom stereocenters. The predicted octanol–water partition coefficient (Wildman–Crippen LogP) is 3.07. The van der Waals surface area contributed by atoms with Crippen molar-refractivity contribution in [2.24, 2.45) is 0 Å². The van der Waals surface area contributed by atoms with Crippen LogP contribution in [0.4, 0.5) is 0 Å². The zero-order valence-corrected chi connectivity index (χ0v) is 20.3. The summed E-state index contributed by atoms with van der Waals surface area (Å²) in [4.78, 5) is 14.7. The van der Waals surface area contributed by atoms with Crippen LogP contribution in [0.1, 0.15) is 13.3 Å². The lowest BCUT2D eigenvalue weighted by Gasteiger charge is -2.26. The fraction of sp³-hybridized carbons (Fsp3) is 0.348. The average Bonchev–Trinajstić information content (AvgIpc) is 3.41. The third kappa shape index (κ3) is 5.06. The molecule has 1 aromatic heterocycles. The summed E-state index contributed by atoms with van der Waals surface area (Å²) < 4.78 is 31.0. The number of ether oxygens (including phenoxy) is 1. The van der Waals surface area contributed by atoms with Gasteiger partial charge < -0.3 is 9.64 Å². The van der Waals surface area contributed by atoms with Crippen molar-refractivity contribution in [3.63, 3.8) is 0 Å². The molecule has 3 aromatic rings. The Morgan fingerprint density at radius 3 is 2.61 bits per heavy atom. The first kappa shape index (κ1) is 23.3. The quantitative estimate of drug-likeness (QED) is 0.474. The lowest BCUT2D eigenvalue weighted by atomic mass is 10.2. The van der Waals surface area contributed by atoms with Crippen LogP contribution in [0, 0.1) is 0 Å². The van der Waals surface area contributed by atoms with Crippen molar-refractivity contribution < 1.29 is 17.9 Å². The van der Waals surface area contributed by atoms with Crippen LogP contribution in [0.25, 0.3) is 17.1 Å². The molecule has 1 saturated heterocycles.